The highest BCUT2D eigenvalue weighted by atomic mass is 16.5. The Kier molecular flexibility index (Phi) is 8.50. The SMILES string of the molecule is CCNc1ccc(C2=C3C=CC(n4cc(CN(C)Cc5ccccc5)[nH]4)=[N+]3[B]n3c(NCc4cc(OC)ccc4OC)ccc32)cc1. The van der Waals surface area contributed by atoms with E-state index in [4.69, 9.17) is 9.47 Å². The number of nitrogens with zero attached hydrogens (tertiary/aromatic N) is 4. The number of aromatic amines is 1. The van der Waals surface area contributed by atoms with E-state index in [1.54, 1.807) is 14.2 Å². The molecule has 0 atom stereocenters. The fourth-order valence-corrected chi connectivity index (χ4v) is 6.33. The molecule has 0 amide bonds. The predicted molar refractivity (Wildman–Crippen MR) is 189 cm³/mol. The zero-order chi connectivity index (χ0) is 32.3. The molecular weight excluding hydrogens is 585 g/mol. The first-order valence-corrected chi connectivity index (χ1v) is 16.0. The third-order valence-corrected chi connectivity index (χ3v) is 8.59. The molecule has 47 heavy (non-hydrogen) atoms. The highest BCUT2D eigenvalue weighted by Crippen LogP contribution is 2.36. The number of hydrogen-bond donors (Lipinski definition) is 3. The molecule has 237 valence electrons. The lowest BCUT2D eigenvalue weighted by atomic mass is 9.92. The Morgan fingerprint density at radius 1 is 0.894 bits per heavy atom. The first-order chi connectivity index (χ1) is 23.0. The summed E-state index contributed by atoms with van der Waals surface area (Å²) in [7, 11) is 7.69. The van der Waals surface area contributed by atoms with Gasteiger partial charge in [0.1, 0.15) is 29.1 Å². The van der Waals surface area contributed by atoms with Crippen molar-refractivity contribution in [3.8, 4) is 11.5 Å². The Hall–Kier alpha value is -5.35. The van der Waals surface area contributed by atoms with Crippen molar-refractivity contribution in [3.63, 3.8) is 0 Å². The molecule has 2 aliphatic rings. The van der Waals surface area contributed by atoms with Crippen LogP contribution in [-0.2, 0) is 19.6 Å². The molecular formula is C37H40BN7O2+. The van der Waals surface area contributed by atoms with Crippen molar-refractivity contribution in [2.24, 2.45) is 0 Å². The van der Waals surface area contributed by atoms with Gasteiger partial charge < -0.3 is 24.6 Å². The van der Waals surface area contributed by atoms with Gasteiger partial charge >= 0.3 is 7.55 Å². The molecule has 5 aromatic rings. The number of benzene rings is 3. The van der Waals surface area contributed by atoms with E-state index in [2.05, 4.69) is 141 Å². The number of hydrogen-bond acceptors (Lipinski definition) is 5. The molecule has 0 aliphatic carbocycles. The summed E-state index contributed by atoms with van der Waals surface area (Å²) < 4.78 is 17.7. The normalized spacial score (nSPS) is 13.6. The van der Waals surface area contributed by atoms with Crippen molar-refractivity contribution >= 4 is 30.5 Å². The average Bonchev–Trinajstić information content (AvgIpc) is 3.69. The van der Waals surface area contributed by atoms with E-state index in [9.17, 15) is 0 Å². The van der Waals surface area contributed by atoms with Gasteiger partial charge in [-0.2, -0.15) is 0 Å². The van der Waals surface area contributed by atoms with Crippen LogP contribution in [0.3, 0.4) is 0 Å². The molecule has 2 aromatic heterocycles. The van der Waals surface area contributed by atoms with Gasteiger partial charge in [-0.1, -0.05) is 42.5 Å². The molecule has 0 spiro atoms. The topological polar surface area (TPSA) is 74.4 Å². The van der Waals surface area contributed by atoms with Crippen LogP contribution in [0.15, 0.2) is 109 Å². The molecule has 3 aromatic carbocycles. The Morgan fingerprint density at radius 2 is 1.70 bits per heavy atom. The standard InChI is InChI=1S/C37H40BN7O2/c1-5-39-29-13-11-27(12-14-29)37-32-16-19-35(40-22-28-21-31(46-3)15-18-34(28)47-4)44(32)38-45-33(37)17-20-36(45)43-25-30(41-43)24-42(2)23-26-9-7-6-8-10-26/h6-21,25,39-41H,5,22-24H2,1-4H3/q+1. The van der Waals surface area contributed by atoms with Crippen LogP contribution >= 0.6 is 0 Å². The summed E-state index contributed by atoms with van der Waals surface area (Å²) in [5.41, 5.74) is 9.18. The summed E-state index contributed by atoms with van der Waals surface area (Å²) in [6.07, 6.45) is 6.56. The summed E-state index contributed by atoms with van der Waals surface area (Å²) in [5.74, 6) is 3.63. The van der Waals surface area contributed by atoms with E-state index in [-0.39, 0.29) is 0 Å². The number of aromatic nitrogens is 3. The maximum absolute atomic E-state index is 5.64. The number of rotatable bonds is 12. The van der Waals surface area contributed by atoms with Gasteiger partial charge in [0, 0.05) is 54.8 Å². The van der Waals surface area contributed by atoms with Crippen molar-refractivity contribution in [2.45, 2.75) is 26.6 Å². The molecule has 2 aliphatic heterocycles. The van der Waals surface area contributed by atoms with Crippen LogP contribution in [0.25, 0.3) is 5.57 Å². The van der Waals surface area contributed by atoms with Crippen LogP contribution in [0.4, 0.5) is 11.5 Å². The third kappa shape index (κ3) is 6.12. The Labute approximate surface area is 276 Å². The quantitative estimate of drug-likeness (QED) is 0.149. The van der Waals surface area contributed by atoms with Crippen LogP contribution in [0, 0.1) is 0 Å². The van der Waals surface area contributed by atoms with Crippen molar-refractivity contribution in [1.82, 2.24) is 19.2 Å². The Morgan fingerprint density at radius 3 is 2.45 bits per heavy atom. The van der Waals surface area contributed by atoms with E-state index >= 15 is 0 Å². The minimum atomic E-state index is 0.575. The zero-order valence-corrected chi connectivity index (χ0v) is 27.3. The van der Waals surface area contributed by atoms with E-state index in [1.807, 2.05) is 18.2 Å². The number of ether oxygens (including phenoxy) is 2. The molecule has 0 saturated carbocycles. The van der Waals surface area contributed by atoms with Crippen molar-refractivity contribution in [3.05, 3.63) is 137 Å². The zero-order valence-electron chi connectivity index (χ0n) is 27.3. The molecule has 0 fully saturated rings. The number of fused-ring (bicyclic) bond motifs is 2. The minimum Gasteiger partial charge on any atom is -0.497 e. The maximum Gasteiger partial charge on any atom is 0.553 e. The number of H-pyrrole nitrogens is 1. The van der Waals surface area contributed by atoms with Crippen LogP contribution in [0.2, 0.25) is 0 Å². The number of anilines is 2. The Balaban J connectivity index is 1.20. The fourth-order valence-electron chi connectivity index (χ4n) is 6.33. The molecule has 4 heterocycles. The number of nitrogens with one attached hydrogen (secondary N) is 3. The molecule has 3 N–H and O–H groups in total. The monoisotopic (exact) mass is 625 g/mol. The third-order valence-electron chi connectivity index (χ3n) is 8.59. The van der Waals surface area contributed by atoms with Crippen LogP contribution < -0.4 is 20.1 Å². The van der Waals surface area contributed by atoms with Gasteiger partial charge in [0.2, 0.25) is 0 Å². The van der Waals surface area contributed by atoms with Gasteiger partial charge in [0.05, 0.1) is 20.0 Å². The highest BCUT2D eigenvalue weighted by molar-refractivity contribution is 6.30. The van der Waals surface area contributed by atoms with Gasteiger partial charge in [-0.3, -0.25) is 9.39 Å². The lowest BCUT2D eigenvalue weighted by Gasteiger charge is -2.23. The second-order valence-electron chi connectivity index (χ2n) is 11.8. The lowest BCUT2D eigenvalue weighted by Crippen LogP contribution is -2.36. The molecule has 0 unspecified atom stereocenters. The molecule has 10 heteroatoms. The van der Waals surface area contributed by atoms with E-state index in [0.29, 0.717) is 6.54 Å². The lowest BCUT2D eigenvalue weighted by molar-refractivity contribution is -0.316. The molecule has 0 bridgehead atoms. The summed E-state index contributed by atoms with van der Waals surface area (Å²) in [6.45, 7) is 5.30. The van der Waals surface area contributed by atoms with Gasteiger partial charge in [0.25, 0.3) is 5.84 Å². The first-order valence-electron chi connectivity index (χ1n) is 16.0. The average molecular weight is 626 g/mol. The summed E-state index contributed by atoms with van der Waals surface area (Å²) in [5, 5.41) is 10.6. The predicted octanol–water partition coefficient (Wildman–Crippen LogP) is 6.00. The Bertz CT molecular complexity index is 1950. The van der Waals surface area contributed by atoms with Crippen LogP contribution in [0.1, 0.15) is 35.0 Å². The van der Waals surface area contributed by atoms with E-state index in [0.717, 1.165) is 71.0 Å². The van der Waals surface area contributed by atoms with Crippen molar-refractivity contribution in [1.29, 1.82) is 0 Å². The van der Waals surface area contributed by atoms with Gasteiger partial charge in [-0.15, -0.1) is 4.68 Å². The molecule has 7 rings (SSSR count). The van der Waals surface area contributed by atoms with Gasteiger partial charge in [0.15, 0.2) is 0 Å². The summed E-state index contributed by atoms with van der Waals surface area (Å²) in [4.78, 5) is 2.32. The van der Waals surface area contributed by atoms with Crippen LogP contribution in [-0.4, -0.2) is 64.8 Å². The smallest absolute Gasteiger partial charge is 0.497 e. The second kappa shape index (κ2) is 13.2. The molecule has 1 radical (unpaired) electrons. The first kappa shape index (κ1) is 30.3. The van der Waals surface area contributed by atoms with Crippen LogP contribution in [0.5, 0.6) is 11.5 Å². The minimum absolute atomic E-state index is 0.575. The highest BCUT2D eigenvalue weighted by Gasteiger charge is 2.36. The molecule has 0 saturated heterocycles. The number of allylic oxidation sites excluding steroid dienone is 2. The van der Waals surface area contributed by atoms with Gasteiger partial charge in [-0.05, 0) is 73.6 Å². The van der Waals surface area contributed by atoms with Gasteiger partial charge in [-0.25, -0.2) is 5.10 Å². The summed E-state index contributed by atoms with van der Waals surface area (Å²) >= 11 is 0. The van der Waals surface area contributed by atoms with Crippen molar-refractivity contribution in [2.75, 3.05) is 38.4 Å². The summed E-state index contributed by atoms with van der Waals surface area (Å²) in [6, 6.07) is 29.5. The largest absolute Gasteiger partial charge is 0.553 e. The molecule has 9 nitrogen and oxygen atoms in total. The van der Waals surface area contributed by atoms with E-state index in [1.165, 1.54) is 16.8 Å². The fraction of sp³-hybridized carbons (Fsp3) is 0.216. The van der Waals surface area contributed by atoms with Crippen molar-refractivity contribution < 1.29 is 14.0 Å². The second-order valence-corrected chi connectivity index (χ2v) is 11.8. The van der Waals surface area contributed by atoms with E-state index < -0.39 is 0 Å². The number of methoxy groups -OCH3 is 2. The maximum atomic E-state index is 5.64.